The second-order valence-corrected chi connectivity index (χ2v) is 7.02. The summed E-state index contributed by atoms with van der Waals surface area (Å²) < 4.78 is 0. The summed E-state index contributed by atoms with van der Waals surface area (Å²) in [5.41, 5.74) is 6.45. The molecule has 0 aromatic rings. The largest absolute Gasteiger partial charge is 0.342 e. The molecule has 0 bridgehead atoms. The lowest BCUT2D eigenvalue weighted by atomic mass is 9.74. The molecular weight excluding hydrogens is 272 g/mol. The molecule has 20 heavy (non-hydrogen) atoms. The maximum atomic E-state index is 12.8. The highest BCUT2D eigenvalue weighted by Crippen LogP contribution is 2.40. The molecule has 1 aliphatic heterocycles. The number of halogens is 1. The zero-order chi connectivity index (χ0) is 14.1. The third kappa shape index (κ3) is 3.30. The van der Waals surface area contributed by atoms with Crippen LogP contribution < -0.4 is 5.73 Å². The van der Waals surface area contributed by atoms with Gasteiger partial charge in [0.2, 0.25) is 5.91 Å². The molecule has 2 atom stereocenters. The van der Waals surface area contributed by atoms with E-state index in [4.69, 9.17) is 5.73 Å². The van der Waals surface area contributed by atoms with Gasteiger partial charge in [-0.3, -0.25) is 4.79 Å². The fraction of sp³-hybridized carbons (Fsp3) is 0.938. The van der Waals surface area contributed by atoms with Gasteiger partial charge in [0.1, 0.15) is 0 Å². The van der Waals surface area contributed by atoms with Crippen LogP contribution in [0.25, 0.3) is 0 Å². The highest BCUT2D eigenvalue weighted by molar-refractivity contribution is 5.85. The van der Waals surface area contributed by atoms with Gasteiger partial charge in [0.25, 0.3) is 0 Å². The maximum Gasteiger partial charge on any atom is 0.227 e. The van der Waals surface area contributed by atoms with E-state index in [2.05, 4.69) is 25.7 Å². The molecule has 1 amide bonds. The fourth-order valence-corrected chi connectivity index (χ4v) is 3.93. The van der Waals surface area contributed by atoms with Gasteiger partial charge in [0.15, 0.2) is 0 Å². The van der Waals surface area contributed by atoms with Crippen molar-refractivity contribution in [2.24, 2.45) is 17.1 Å². The van der Waals surface area contributed by atoms with Crippen molar-refractivity contribution in [2.45, 2.75) is 71.3 Å². The Balaban J connectivity index is 0.00000200. The number of nitrogens with zero attached hydrogens (tertiary/aromatic N) is 1. The summed E-state index contributed by atoms with van der Waals surface area (Å²) in [6, 6.07) is 0. The summed E-state index contributed by atoms with van der Waals surface area (Å²) in [7, 11) is 0. The van der Waals surface area contributed by atoms with Gasteiger partial charge in [-0.1, -0.05) is 26.7 Å². The predicted octanol–water partition coefficient (Wildman–Crippen LogP) is 3.35. The molecule has 0 aromatic carbocycles. The molecule has 0 radical (unpaired) electrons. The molecule has 1 saturated heterocycles. The van der Waals surface area contributed by atoms with Gasteiger partial charge in [0, 0.05) is 18.6 Å². The minimum absolute atomic E-state index is 0. The first-order valence-electron chi connectivity index (χ1n) is 8.02. The lowest BCUT2D eigenvalue weighted by Gasteiger charge is -2.39. The standard InChI is InChI=1S/C16H30N2O.ClH/c1-4-16(5-2)10-11-18(12-16)14(19)13-8-6-7-9-15(13,3)17;/h13H,4-12,17H2,1-3H3;1H. The van der Waals surface area contributed by atoms with Crippen LogP contribution in [0.5, 0.6) is 0 Å². The molecule has 4 heteroatoms. The highest BCUT2D eigenvalue weighted by Gasteiger charge is 2.44. The number of amides is 1. The molecule has 2 N–H and O–H groups in total. The Kier molecular flexibility index (Phi) is 5.91. The van der Waals surface area contributed by atoms with Crippen molar-refractivity contribution in [2.75, 3.05) is 13.1 Å². The van der Waals surface area contributed by atoms with Gasteiger partial charge in [-0.2, -0.15) is 0 Å². The Labute approximate surface area is 130 Å². The van der Waals surface area contributed by atoms with E-state index in [9.17, 15) is 4.79 Å². The Bertz CT molecular complexity index is 339. The lowest BCUT2D eigenvalue weighted by molar-refractivity contribution is -0.138. The van der Waals surface area contributed by atoms with Gasteiger partial charge in [-0.15, -0.1) is 12.4 Å². The zero-order valence-electron chi connectivity index (χ0n) is 13.3. The van der Waals surface area contributed by atoms with Gasteiger partial charge in [-0.25, -0.2) is 0 Å². The number of carbonyl (C=O) groups excluding carboxylic acids is 1. The minimum Gasteiger partial charge on any atom is -0.342 e. The van der Waals surface area contributed by atoms with E-state index in [-0.39, 0.29) is 23.9 Å². The molecule has 0 aromatic heterocycles. The van der Waals surface area contributed by atoms with Crippen LogP contribution in [0.15, 0.2) is 0 Å². The summed E-state index contributed by atoms with van der Waals surface area (Å²) in [6.45, 7) is 8.46. The van der Waals surface area contributed by atoms with Crippen molar-refractivity contribution in [3.05, 3.63) is 0 Å². The summed E-state index contributed by atoms with van der Waals surface area (Å²) in [4.78, 5) is 14.9. The van der Waals surface area contributed by atoms with Crippen molar-refractivity contribution >= 4 is 18.3 Å². The number of likely N-dealkylation sites (tertiary alicyclic amines) is 1. The summed E-state index contributed by atoms with van der Waals surface area (Å²) in [5, 5.41) is 0. The van der Waals surface area contributed by atoms with Crippen LogP contribution >= 0.6 is 12.4 Å². The van der Waals surface area contributed by atoms with Gasteiger partial charge in [-0.05, 0) is 44.4 Å². The van der Waals surface area contributed by atoms with Crippen LogP contribution in [0.4, 0.5) is 0 Å². The Morgan fingerprint density at radius 2 is 1.90 bits per heavy atom. The number of nitrogens with two attached hydrogens (primary N) is 1. The third-order valence-corrected chi connectivity index (χ3v) is 5.80. The van der Waals surface area contributed by atoms with Crippen LogP contribution in [0.1, 0.15) is 65.7 Å². The van der Waals surface area contributed by atoms with Crippen LogP contribution in [-0.2, 0) is 4.79 Å². The van der Waals surface area contributed by atoms with Crippen LogP contribution in [-0.4, -0.2) is 29.4 Å². The molecule has 2 fully saturated rings. The number of carbonyl (C=O) groups is 1. The smallest absolute Gasteiger partial charge is 0.227 e. The Hall–Kier alpha value is -0.280. The fourth-order valence-electron chi connectivity index (χ4n) is 3.93. The van der Waals surface area contributed by atoms with Crippen LogP contribution in [0.2, 0.25) is 0 Å². The SMILES string of the molecule is CCC1(CC)CCN(C(=O)C2CCCCC2(C)N)C1.Cl. The normalized spacial score (nSPS) is 32.8. The van der Waals surface area contributed by atoms with Crippen molar-refractivity contribution in [1.82, 2.24) is 4.90 Å². The zero-order valence-corrected chi connectivity index (χ0v) is 14.1. The molecule has 0 spiro atoms. The van der Waals surface area contributed by atoms with E-state index in [1.54, 1.807) is 0 Å². The van der Waals surface area contributed by atoms with E-state index in [0.717, 1.165) is 32.4 Å². The third-order valence-electron chi connectivity index (χ3n) is 5.80. The molecule has 3 nitrogen and oxygen atoms in total. The van der Waals surface area contributed by atoms with E-state index in [1.165, 1.54) is 25.7 Å². The molecule has 1 aliphatic carbocycles. The maximum absolute atomic E-state index is 12.8. The summed E-state index contributed by atoms with van der Waals surface area (Å²) in [6.07, 6.45) is 7.82. The number of hydrogen-bond donors (Lipinski definition) is 1. The van der Waals surface area contributed by atoms with Gasteiger partial charge < -0.3 is 10.6 Å². The van der Waals surface area contributed by atoms with Gasteiger partial charge in [0.05, 0.1) is 5.92 Å². The quantitative estimate of drug-likeness (QED) is 0.869. The monoisotopic (exact) mass is 302 g/mol. The van der Waals surface area contributed by atoms with Gasteiger partial charge >= 0.3 is 0 Å². The summed E-state index contributed by atoms with van der Waals surface area (Å²) in [5.74, 6) is 0.374. The van der Waals surface area contributed by atoms with Crippen molar-refractivity contribution < 1.29 is 4.79 Å². The van der Waals surface area contributed by atoms with E-state index >= 15 is 0 Å². The second-order valence-electron chi connectivity index (χ2n) is 7.02. The molecule has 118 valence electrons. The van der Waals surface area contributed by atoms with E-state index in [0.29, 0.717) is 11.3 Å². The van der Waals surface area contributed by atoms with Crippen LogP contribution in [0, 0.1) is 11.3 Å². The lowest BCUT2D eigenvalue weighted by Crippen LogP contribution is -2.53. The highest BCUT2D eigenvalue weighted by atomic mass is 35.5. The molecule has 1 heterocycles. The molecule has 2 aliphatic rings. The van der Waals surface area contributed by atoms with Crippen molar-refractivity contribution in [1.29, 1.82) is 0 Å². The molecule has 1 saturated carbocycles. The number of hydrogen-bond acceptors (Lipinski definition) is 2. The average molecular weight is 303 g/mol. The first-order valence-corrected chi connectivity index (χ1v) is 8.02. The first kappa shape index (κ1) is 17.8. The van der Waals surface area contributed by atoms with Crippen molar-refractivity contribution in [3.63, 3.8) is 0 Å². The molecule has 2 unspecified atom stereocenters. The topological polar surface area (TPSA) is 46.3 Å². The van der Waals surface area contributed by atoms with E-state index in [1.807, 2.05) is 0 Å². The molecular formula is C16H31ClN2O. The summed E-state index contributed by atoms with van der Waals surface area (Å²) >= 11 is 0. The Morgan fingerprint density at radius 3 is 2.40 bits per heavy atom. The van der Waals surface area contributed by atoms with Crippen molar-refractivity contribution in [3.8, 4) is 0 Å². The average Bonchev–Trinajstić information content (AvgIpc) is 2.83. The predicted molar refractivity (Wildman–Crippen MR) is 86.0 cm³/mol. The molecule has 2 rings (SSSR count). The van der Waals surface area contributed by atoms with E-state index < -0.39 is 0 Å². The second kappa shape index (κ2) is 6.65. The number of rotatable bonds is 3. The minimum atomic E-state index is -0.293. The Morgan fingerprint density at radius 1 is 1.25 bits per heavy atom. The van der Waals surface area contributed by atoms with Crippen LogP contribution in [0.3, 0.4) is 0 Å². The first-order chi connectivity index (χ1) is 8.94.